The van der Waals surface area contributed by atoms with E-state index in [1.165, 1.54) is 12.1 Å². The average molecular weight is 429 g/mol. The van der Waals surface area contributed by atoms with Gasteiger partial charge >= 0.3 is 0 Å². The predicted octanol–water partition coefficient (Wildman–Crippen LogP) is 2.99. The smallest absolute Gasteiger partial charge is 0.246 e. The lowest BCUT2D eigenvalue weighted by molar-refractivity contribution is -0.137. The van der Waals surface area contributed by atoms with Crippen molar-refractivity contribution >= 4 is 23.4 Å². The van der Waals surface area contributed by atoms with E-state index in [1.807, 2.05) is 24.3 Å². The van der Waals surface area contributed by atoms with Gasteiger partial charge in [-0.1, -0.05) is 36.4 Å². The van der Waals surface area contributed by atoms with Crippen molar-refractivity contribution in [3.8, 4) is 16.9 Å². The third-order valence-corrected chi connectivity index (χ3v) is 5.63. The number of carbonyl (C=O) groups excluding carboxylic acids is 2. The molecule has 0 spiro atoms. The van der Waals surface area contributed by atoms with Gasteiger partial charge in [0.2, 0.25) is 11.8 Å². The summed E-state index contributed by atoms with van der Waals surface area (Å²) in [5, 5.41) is 20.1. The molecule has 0 saturated carbocycles. The maximum absolute atomic E-state index is 12.6. The van der Waals surface area contributed by atoms with Crippen molar-refractivity contribution in [2.75, 3.05) is 26.2 Å². The molecule has 2 aromatic rings. The normalized spacial score (nSPS) is 13.9. The minimum atomic E-state index is -0.119. The summed E-state index contributed by atoms with van der Waals surface area (Å²) >= 11 is 6.33. The first-order chi connectivity index (χ1) is 14.4. The summed E-state index contributed by atoms with van der Waals surface area (Å²) in [4.78, 5) is 27.7. The van der Waals surface area contributed by atoms with Crippen molar-refractivity contribution in [3.05, 3.63) is 65.2 Å². The van der Waals surface area contributed by atoms with Crippen molar-refractivity contribution in [1.29, 1.82) is 0 Å². The van der Waals surface area contributed by atoms with Gasteiger partial charge in [0.1, 0.15) is 5.75 Å². The summed E-state index contributed by atoms with van der Waals surface area (Å²) < 4.78 is 0. The lowest BCUT2D eigenvalue weighted by atomic mass is 9.98. The first-order valence-electron chi connectivity index (χ1n) is 9.83. The van der Waals surface area contributed by atoms with E-state index in [2.05, 4.69) is 6.58 Å². The van der Waals surface area contributed by atoms with E-state index in [4.69, 9.17) is 11.6 Å². The highest BCUT2D eigenvalue weighted by Crippen LogP contribution is 2.34. The van der Waals surface area contributed by atoms with Gasteiger partial charge in [-0.25, -0.2) is 0 Å². The molecule has 1 fully saturated rings. The number of carbonyl (C=O) groups is 2. The van der Waals surface area contributed by atoms with E-state index in [0.29, 0.717) is 43.2 Å². The van der Waals surface area contributed by atoms with Crippen LogP contribution in [0.25, 0.3) is 11.1 Å². The SMILES string of the molecule is C=CC(=O)N1CCN(C(=O)CCc2cc(-c3cccc(CO)c3)c(Cl)cc2O)CC1. The van der Waals surface area contributed by atoms with Crippen LogP contribution >= 0.6 is 11.6 Å². The van der Waals surface area contributed by atoms with Crippen molar-refractivity contribution in [3.63, 3.8) is 0 Å². The lowest BCUT2D eigenvalue weighted by Gasteiger charge is -2.34. The number of phenolic OH excluding ortho intramolecular Hbond substituents is 1. The highest BCUT2D eigenvalue weighted by Gasteiger charge is 2.23. The molecule has 0 atom stereocenters. The molecule has 0 radical (unpaired) electrons. The van der Waals surface area contributed by atoms with Gasteiger partial charge in [0.15, 0.2) is 0 Å². The minimum absolute atomic E-state index is 0.0149. The Morgan fingerprint density at radius 1 is 1.10 bits per heavy atom. The molecule has 2 N–H and O–H groups in total. The number of halogens is 1. The molecule has 1 aliphatic heterocycles. The van der Waals surface area contributed by atoms with E-state index < -0.39 is 0 Å². The molecule has 0 bridgehead atoms. The first-order valence-corrected chi connectivity index (χ1v) is 10.2. The molecule has 0 aliphatic carbocycles. The molecule has 7 heteroatoms. The van der Waals surface area contributed by atoms with E-state index >= 15 is 0 Å². The van der Waals surface area contributed by atoms with Gasteiger partial charge in [0, 0.05) is 38.2 Å². The van der Waals surface area contributed by atoms with Gasteiger partial charge in [0.25, 0.3) is 0 Å². The summed E-state index contributed by atoms with van der Waals surface area (Å²) in [6.07, 6.45) is 1.91. The number of aliphatic hydroxyl groups excluding tert-OH is 1. The van der Waals surface area contributed by atoms with Gasteiger partial charge in [-0.3, -0.25) is 9.59 Å². The van der Waals surface area contributed by atoms with E-state index in [9.17, 15) is 19.8 Å². The quantitative estimate of drug-likeness (QED) is 0.693. The molecule has 158 valence electrons. The monoisotopic (exact) mass is 428 g/mol. The van der Waals surface area contributed by atoms with E-state index in [0.717, 1.165) is 16.7 Å². The maximum Gasteiger partial charge on any atom is 0.246 e. The number of amides is 2. The minimum Gasteiger partial charge on any atom is -0.508 e. The molecule has 1 aliphatic rings. The third-order valence-electron chi connectivity index (χ3n) is 5.32. The average Bonchev–Trinajstić information content (AvgIpc) is 2.77. The lowest BCUT2D eigenvalue weighted by Crippen LogP contribution is -2.50. The zero-order valence-corrected chi connectivity index (χ0v) is 17.4. The summed E-state index contributed by atoms with van der Waals surface area (Å²) in [5.41, 5.74) is 2.98. The molecule has 2 aromatic carbocycles. The highest BCUT2D eigenvalue weighted by molar-refractivity contribution is 6.33. The number of aromatic hydroxyl groups is 1. The van der Waals surface area contributed by atoms with Crippen LogP contribution in [-0.4, -0.2) is 58.0 Å². The van der Waals surface area contributed by atoms with Crippen LogP contribution in [0.1, 0.15) is 17.5 Å². The zero-order valence-electron chi connectivity index (χ0n) is 16.7. The zero-order chi connectivity index (χ0) is 21.7. The van der Waals surface area contributed by atoms with Gasteiger partial charge in [-0.2, -0.15) is 0 Å². The molecule has 30 heavy (non-hydrogen) atoms. The Kier molecular flexibility index (Phi) is 7.13. The van der Waals surface area contributed by atoms with Crippen molar-refractivity contribution < 1.29 is 19.8 Å². The van der Waals surface area contributed by atoms with Crippen LogP contribution in [0.4, 0.5) is 0 Å². The number of phenols is 1. The number of benzene rings is 2. The molecule has 0 unspecified atom stereocenters. The molecule has 0 aromatic heterocycles. The molecule has 6 nitrogen and oxygen atoms in total. The number of hydrogen-bond acceptors (Lipinski definition) is 4. The second kappa shape index (κ2) is 9.78. The van der Waals surface area contributed by atoms with Crippen LogP contribution in [0.3, 0.4) is 0 Å². The van der Waals surface area contributed by atoms with E-state index in [1.54, 1.807) is 15.9 Å². The summed E-state index contributed by atoms with van der Waals surface area (Å²) in [6.45, 7) is 5.38. The Labute approximate surface area is 181 Å². The maximum atomic E-state index is 12.6. The van der Waals surface area contributed by atoms with Crippen molar-refractivity contribution in [2.45, 2.75) is 19.4 Å². The Morgan fingerprint density at radius 2 is 1.80 bits per heavy atom. The fraction of sp³-hybridized carbons (Fsp3) is 0.304. The number of aryl methyl sites for hydroxylation is 1. The van der Waals surface area contributed by atoms with Gasteiger partial charge in [-0.05, 0) is 47.4 Å². The standard InChI is InChI=1S/C23H25ClN2O4/c1-2-22(29)25-8-10-26(11-9-25)23(30)7-6-18-13-19(20(24)14-21(18)28)17-5-3-4-16(12-17)15-27/h2-5,12-14,27-28H,1,6-11,15H2. The molecular formula is C23H25ClN2O4. The summed E-state index contributed by atoms with van der Waals surface area (Å²) in [6, 6.07) is 10.7. The fourth-order valence-corrected chi connectivity index (χ4v) is 3.84. The molecule has 1 heterocycles. The van der Waals surface area contributed by atoms with Crippen molar-refractivity contribution in [2.24, 2.45) is 0 Å². The summed E-state index contributed by atoms with van der Waals surface area (Å²) in [7, 11) is 0. The van der Waals surface area contributed by atoms with Crippen molar-refractivity contribution in [1.82, 2.24) is 9.80 Å². The second-order valence-corrected chi connectivity index (χ2v) is 7.64. The molecule has 2 amide bonds. The first kappa shape index (κ1) is 21.9. The Balaban J connectivity index is 1.67. The Hall–Kier alpha value is -2.83. The highest BCUT2D eigenvalue weighted by atomic mass is 35.5. The van der Waals surface area contributed by atoms with Gasteiger partial charge in [0.05, 0.1) is 11.6 Å². The number of hydrogen-bond donors (Lipinski definition) is 2. The topological polar surface area (TPSA) is 81.1 Å². The number of piperazine rings is 1. The van der Waals surface area contributed by atoms with Crippen LogP contribution in [0, 0.1) is 0 Å². The fourth-order valence-electron chi connectivity index (χ4n) is 3.57. The number of aliphatic hydroxyl groups is 1. The largest absolute Gasteiger partial charge is 0.508 e. The predicted molar refractivity (Wildman–Crippen MR) is 116 cm³/mol. The van der Waals surface area contributed by atoms with Gasteiger partial charge < -0.3 is 20.0 Å². The molecular weight excluding hydrogens is 404 g/mol. The second-order valence-electron chi connectivity index (χ2n) is 7.23. The van der Waals surface area contributed by atoms with Gasteiger partial charge in [-0.15, -0.1) is 0 Å². The molecule has 1 saturated heterocycles. The van der Waals surface area contributed by atoms with Crippen LogP contribution in [0.5, 0.6) is 5.75 Å². The van der Waals surface area contributed by atoms with Crippen LogP contribution in [0.2, 0.25) is 5.02 Å². The van der Waals surface area contributed by atoms with Crippen LogP contribution in [0.15, 0.2) is 49.1 Å². The number of nitrogens with zero attached hydrogens (tertiary/aromatic N) is 2. The third kappa shape index (κ3) is 5.01. The van der Waals surface area contributed by atoms with E-state index in [-0.39, 0.29) is 30.6 Å². The Morgan fingerprint density at radius 3 is 2.47 bits per heavy atom. The van der Waals surface area contributed by atoms with Crippen LogP contribution in [-0.2, 0) is 22.6 Å². The van der Waals surface area contributed by atoms with Crippen LogP contribution < -0.4 is 0 Å². The molecule has 3 rings (SSSR count). The number of rotatable bonds is 6. The summed E-state index contributed by atoms with van der Waals surface area (Å²) in [5.74, 6) is -0.0823. The Bertz CT molecular complexity index is 952.